The Morgan fingerprint density at radius 1 is 1.36 bits per heavy atom. The van der Waals surface area contributed by atoms with Gasteiger partial charge in [0.05, 0.1) is 0 Å². The summed E-state index contributed by atoms with van der Waals surface area (Å²) in [6.45, 7) is 3.92. The molecule has 0 saturated heterocycles. The zero-order chi connectivity index (χ0) is 10.6. The third-order valence-corrected chi connectivity index (χ3v) is 2.53. The van der Waals surface area contributed by atoms with E-state index in [4.69, 9.17) is 23.2 Å². The summed E-state index contributed by atoms with van der Waals surface area (Å²) < 4.78 is 0. The molecule has 1 atom stereocenters. The molecule has 2 heteroatoms. The fourth-order valence-corrected chi connectivity index (χ4v) is 1.72. The Morgan fingerprint density at radius 2 is 2.07 bits per heavy atom. The zero-order valence-corrected chi connectivity index (χ0v) is 9.78. The van der Waals surface area contributed by atoms with E-state index < -0.39 is 0 Å². The van der Waals surface area contributed by atoms with Crippen LogP contribution in [0.15, 0.2) is 18.2 Å². The maximum atomic E-state index is 6.03. The van der Waals surface area contributed by atoms with Crippen LogP contribution < -0.4 is 0 Å². The average Bonchev–Trinajstić information content (AvgIpc) is 2.12. The van der Waals surface area contributed by atoms with Crippen molar-refractivity contribution >= 4 is 23.2 Å². The summed E-state index contributed by atoms with van der Waals surface area (Å²) in [4.78, 5) is 0. The van der Waals surface area contributed by atoms with E-state index in [-0.39, 0.29) is 0 Å². The second-order valence-corrected chi connectivity index (χ2v) is 4.08. The molecule has 1 aromatic carbocycles. The third kappa shape index (κ3) is 3.25. The van der Waals surface area contributed by atoms with Crippen molar-refractivity contribution < 1.29 is 0 Å². The Hall–Kier alpha value is -0.640. The van der Waals surface area contributed by atoms with Crippen LogP contribution in [0.3, 0.4) is 0 Å². The summed E-state index contributed by atoms with van der Waals surface area (Å²) in [7, 11) is 0. The fourth-order valence-electron chi connectivity index (χ4n) is 1.33. The van der Waals surface area contributed by atoms with E-state index in [1.807, 2.05) is 19.1 Å². The molecule has 0 radical (unpaired) electrons. The van der Waals surface area contributed by atoms with E-state index in [1.54, 1.807) is 6.07 Å². The molecule has 1 aromatic rings. The molecule has 0 fully saturated rings. The molecule has 0 spiro atoms. The lowest BCUT2D eigenvalue weighted by Crippen LogP contribution is -1.97. The smallest absolute Gasteiger partial charge is 0.0439 e. The first-order valence-corrected chi connectivity index (χ1v) is 5.25. The van der Waals surface area contributed by atoms with Crippen molar-refractivity contribution in [2.75, 3.05) is 0 Å². The van der Waals surface area contributed by atoms with Crippen molar-refractivity contribution in [1.82, 2.24) is 0 Å². The minimum Gasteiger partial charge on any atom is -0.106 e. The highest BCUT2D eigenvalue weighted by atomic mass is 35.5. The summed E-state index contributed by atoms with van der Waals surface area (Å²) in [6, 6.07) is 5.52. The molecular weight excluding hydrogens is 215 g/mol. The van der Waals surface area contributed by atoms with Gasteiger partial charge in [-0.3, -0.25) is 0 Å². The lowest BCUT2D eigenvalue weighted by Gasteiger charge is -2.06. The highest BCUT2D eigenvalue weighted by molar-refractivity contribution is 6.33. The molecule has 0 amide bonds. The van der Waals surface area contributed by atoms with Crippen molar-refractivity contribution in [3.05, 3.63) is 33.8 Å². The predicted octanol–water partition coefficient (Wildman–Crippen LogP) is 4.20. The Balaban J connectivity index is 2.83. The van der Waals surface area contributed by atoms with Gasteiger partial charge in [0.1, 0.15) is 0 Å². The van der Waals surface area contributed by atoms with Crippen molar-refractivity contribution in [2.45, 2.75) is 20.3 Å². The normalized spacial score (nSPS) is 11.7. The predicted molar refractivity (Wildman–Crippen MR) is 62.8 cm³/mol. The zero-order valence-electron chi connectivity index (χ0n) is 8.27. The number of hydrogen-bond acceptors (Lipinski definition) is 0. The van der Waals surface area contributed by atoms with Crippen molar-refractivity contribution in [3.63, 3.8) is 0 Å². The Labute approximate surface area is 95.2 Å². The summed E-state index contributed by atoms with van der Waals surface area (Å²) in [5, 5.41) is 1.49. The standard InChI is InChI=1S/C12H12Cl2/c1-3-4-9(2)7-10-8-11(13)5-6-12(10)14/h5-6,8-9H,7H2,1-2H3. The Bertz CT molecular complexity index is 372. The second-order valence-electron chi connectivity index (χ2n) is 3.24. The number of halogens is 2. The van der Waals surface area contributed by atoms with E-state index in [1.165, 1.54) is 0 Å². The van der Waals surface area contributed by atoms with Crippen LogP contribution in [0.25, 0.3) is 0 Å². The van der Waals surface area contributed by atoms with Crippen LogP contribution >= 0.6 is 23.2 Å². The van der Waals surface area contributed by atoms with Gasteiger partial charge in [-0.25, -0.2) is 0 Å². The molecular formula is C12H12Cl2. The van der Waals surface area contributed by atoms with Gasteiger partial charge in [-0.05, 0) is 37.1 Å². The Kier molecular flexibility index (Phi) is 4.32. The van der Waals surface area contributed by atoms with Gasteiger partial charge in [-0.15, -0.1) is 11.8 Å². The lowest BCUT2D eigenvalue weighted by atomic mass is 10.0. The lowest BCUT2D eigenvalue weighted by molar-refractivity contribution is 0.750. The van der Waals surface area contributed by atoms with Crippen LogP contribution in [0.2, 0.25) is 10.0 Å². The molecule has 14 heavy (non-hydrogen) atoms. The van der Waals surface area contributed by atoms with E-state index in [0.717, 1.165) is 22.0 Å². The van der Waals surface area contributed by atoms with Gasteiger partial charge in [0, 0.05) is 16.0 Å². The molecule has 74 valence electrons. The second kappa shape index (κ2) is 5.29. The van der Waals surface area contributed by atoms with Crippen molar-refractivity contribution in [1.29, 1.82) is 0 Å². The number of rotatable bonds is 2. The molecule has 0 nitrogen and oxygen atoms in total. The average molecular weight is 227 g/mol. The van der Waals surface area contributed by atoms with Gasteiger partial charge in [0.2, 0.25) is 0 Å². The molecule has 1 unspecified atom stereocenters. The highest BCUT2D eigenvalue weighted by Gasteiger charge is 2.05. The molecule has 0 aliphatic rings. The molecule has 0 aromatic heterocycles. The summed E-state index contributed by atoms with van der Waals surface area (Å²) in [5.41, 5.74) is 1.06. The van der Waals surface area contributed by atoms with Gasteiger partial charge in [-0.1, -0.05) is 30.1 Å². The molecule has 0 aliphatic heterocycles. The van der Waals surface area contributed by atoms with Crippen LogP contribution in [0.1, 0.15) is 19.4 Å². The third-order valence-electron chi connectivity index (χ3n) is 1.92. The maximum Gasteiger partial charge on any atom is 0.0439 e. The van der Waals surface area contributed by atoms with Gasteiger partial charge < -0.3 is 0 Å². The molecule has 0 aliphatic carbocycles. The van der Waals surface area contributed by atoms with Crippen molar-refractivity contribution in [3.8, 4) is 11.8 Å². The molecule has 0 heterocycles. The largest absolute Gasteiger partial charge is 0.106 e. The quantitative estimate of drug-likeness (QED) is 0.664. The summed E-state index contributed by atoms with van der Waals surface area (Å²) >= 11 is 11.9. The molecule has 0 N–H and O–H groups in total. The topological polar surface area (TPSA) is 0 Å². The van der Waals surface area contributed by atoms with Gasteiger partial charge >= 0.3 is 0 Å². The van der Waals surface area contributed by atoms with Gasteiger partial charge in [0.25, 0.3) is 0 Å². The maximum absolute atomic E-state index is 6.03. The first-order chi connectivity index (χ1) is 6.63. The Morgan fingerprint density at radius 3 is 2.71 bits per heavy atom. The van der Waals surface area contributed by atoms with Crippen LogP contribution in [0, 0.1) is 17.8 Å². The van der Waals surface area contributed by atoms with E-state index in [2.05, 4.69) is 18.8 Å². The minimum absolute atomic E-state index is 0.316. The van der Waals surface area contributed by atoms with Crippen LogP contribution in [-0.4, -0.2) is 0 Å². The van der Waals surface area contributed by atoms with Gasteiger partial charge in [-0.2, -0.15) is 0 Å². The van der Waals surface area contributed by atoms with E-state index >= 15 is 0 Å². The number of hydrogen-bond donors (Lipinski definition) is 0. The molecule has 1 rings (SSSR count). The minimum atomic E-state index is 0.316. The van der Waals surface area contributed by atoms with Crippen LogP contribution in [0.5, 0.6) is 0 Å². The molecule has 0 bridgehead atoms. The SMILES string of the molecule is CC#CC(C)Cc1cc(Cl)ccc1Cl. The van der Waals surface area contributed by atoms with Crippen LogP contribution in [-0.2, 0) is 6.42 Å². The first kappa shape index (κ1) is 11.4. The van der Waals surface area contributed by atoms with Gasteiger partial charge in [0.15, 0.2) is 0 Å². The number of benzene rings is 1. The first-order valence-electron chi connectivity index (χ1n) is 4.49. The highest BCUT2D eigenvalue weighted by Crippen LogP contribution is 2.22. The summed E-state index contributed by atoms with van der Waals surface area (Å²) in [5.74, 6) is 6.30. The summed E-state index contributed by atoms with van der Waals surface area (Å²) in [6.07, 6.45) is 0.847. The van der Waals surface area contributed by atoms with E-state index in [0.29, 0.717) is 5.92 Å². The van der Waals surface area contributed by atoms with Crippen LogP contribution in [0.4, 0.5) is 0 Å². The fraction of sp³-hybridized carbons (Fsp3) is 0.333. The molecule has 0 saturated carbocycles. The monoisotopic (exact) mass is 226 g/mol. The van der Waals surface area contributed by atoms with Crippen molar-refractivity contribution in [2.24, 2.45) is 5.92 Å². The van der Waals surface area contributed by atoms with E-state index in [9.17, 15) is 0 Å².